The van der Waals surface area contributed by atoms with Crippen molar-refractivity contribution in [2.75, 3.05) is 27.2 Å². The largest absolute Gasteiger partial charge is 0.469 e. The van der Waals surface area contributed by atoms with Gasteiger partial charge in [-0.1, -0.05) is 20.8 Å². The molecule has 5 nitrogen and oxygen atoms in total. The lowest BCUT2D eigenvalue weighted by atomic mass is 10.1. The van der Waals surface area contributed by atoms with Gasteiger partial charge in [-0.2, -0.15) is 0 Å². The third-order valence-electron chi connectivity index (χ3n) is 2.89. The van der Waals surface area contributed by atoms with Crippen molar-refractivity contribution in [3.63, 3.8) is 0 Å². The molecule has 0 saturated heterocycles. The van der Waals surface area contributed by atoms with E-state index in [1.807, 2.05) is 32.7 Å². The van der Waals surface area contributed by atoms with E-state index in [9.17, 15) is 9.59 Å². The van der Waals surface area contributed by atoms with Gasteiger partial charge in [0, 0.05) is 13.1 Å². The summed E-state index contributed by atoms with van der Waals surface area (Å²) >= 11 is 0. The van der Waals surface area contributed by atoms with E-state index in [1.54, 1.807) is 6.92 Å². The average Bonchev–Trinajstić information content (AvgIpc) is 2.33. The maximum Gasteiger partial charge on any atom is 0.309 e. The van der Waals surface area contributed by atoms with E-state index >= 15 is 0 Å². The molecule has 2 atom stereocenters. The minimum absolute atomic E-state index is 0.0109. The van der Waals surface area contributed by atoms with Crippen LogP contribution in [0.1, 0.15) is 27.7 Å². The smallest absolute Gasteiger partial charge is 0.309 e. The fourth-order valence-corrected chi connectivity index (χ4v) is 1.52. The number of hydrogen-bond acceptors (Lipinski definition) is 4. The minimum atomic E-state index is -0.254. The lowest BCUT2D eigenvalue weighted by Crippen LogP contribution is -2.46. The molecule has 106 valence electrons. The number of nitrogens with zero attached hydrogens (tertiary/aromatic N) is 1. The summed E-state index contributed by atoms with van der Waals surface area (Å²) in [4.78, 5) is 25.0. The van der Waals surface area contributed by atoms with Crippen molar-refractivity contribution in [2.45, 2.75) is 33.7 Å². The number of carbonyl (C=O) groups is 2. The Morgan fingerprint density at radius 2 is 1.78 bits per heavy atom. The van der Waals surface area contributed by atoms with Crippen LogP contribution in [-0.2, 0) is 14.3 Å². The third kappa shape index (κ3) is 6.00. The molecule has 2 unspecified atom stereocenters. The van der Waals surface area contributed by atoms with E-state index in [1.165, 1.54) is 7.11 Å². The van der Waals surface area contributed by atoms with Crippen LogP contribution in [0.2, 0.25) is 0 Å². The molecule has 18 heavy (non-hydrogen) atoms. The average molecular weight is 258 g/mol. The molecule has 0 aromatic carbocycles. The van der Waals surface area contributed by atoms with Gasteiger partial charge in [0.25, 0.3) is 0 Å². The molecule has 0 aromatic rings. The third-order valence-corrected chi connectivity index (χ3v) is 2.89. The van der Waals surface area contributed by atoms with Crippen LogP contribution in [0.25, 0.3) is 0 Å². The highest BCUT2D eigenvalue weighted by Gasteiger charge is 2.22. The Morgan fingerprint density at radius 1 is 1.22 bits per heavy atom. The Balaban J connectivity index is 4.20. The monoisotopic (exact) mass is 258 g/mol. The molecule has 0 aliphatic rings. The molecular formula is C13H26N2O3. The lowest BCUT2D eigenvalue weighted by molar-refractivity contribution is -0.146. The van der Waals surface area contributed by atoms with Crippen molar-refractivity contribution in [2.24, 2.45) is 11.8 Å². The first-order chi connectivity index (χ1) is 8.29. The molecule has 0 saturated carbocycles. The molecule has 1 N–H and O–H groups in total. The molecule has 0 rings (SSSR count). The summed E-state index contributed by atoms with van der Waals surface area (Å²) < 4.78 is 4.67. The van der Waals surface area contributed by atoms with Crippen LogP contribution in [0, 0.1) is 11.8 Å². The topological polar surface area (TPSA) is 58.6 Å². The molecular weight excluding hydrogens is 232 g/mol. The number of likely N-dealkylation sites (N-methyl/N-ethyl adjacent to an activating group) is 1. The van der Waals surface area contributed by atoms with Crippen LogP contribution in [-0.4, -0.2) is 50.1 Å². The Bertz CT molecular complexity index is 279. The van der Waals surface area contributed by atoms with Crippen molar-refractivity contribution in [1.82, 2.24) is 10.2 Å². The summed E-state index contributed by atoms with van der Waals surface area (Å²) in [6.07, 6.45) is 0. The fraction of sp³-hybridized carbons (Fsp3) is 0.846. The van der Waals surface area contributed by atoms with Gasteiger partial charge in [0.05, 0.1) is 19.1 Å². The van der Waals surface area contributed by atoms with Gasteiger partial charge < -0.3 is 10.1 Å². The van der Waals surface area contributed by atoms with Gasteiger partial charge in [0.2, 0.25) is 5.91 Å². The van der Waals surface area contributed by atoms with Crippen molar-refractivity contribution in [3.8, 4) is 0 Å². The minimum Gasteiger partial charge on any atom is -0.469 e. The quantitative estimate of drug-likeness (QED) is 0.689. The predicted octanol–water partition coefficient (Wildman–Crippen LogP) is 0.888. The fourth-order valence-electron chi connectivity index (χ4n) is 1.52. The SMILES string of the molecule is COC(=O)C(C)CN(C)C(C)C(=O)NCC(C)C. The van der Waals surface area contributed by atoms with Gasteiger partial charge in [0.1, 0.15) is 0 Å². The van der Waals surface area contributed by atoms with E-state index < -0.39 is 0 Å². The molecule has 0 fully saturated rings. The Labute approximate surface area is 110 Å². The number of ether oxygens (including phenoxy) is 1. The second kappa shape index (κ2) is 8.08. The normalized spacial score (nSPS) is 14.4. The summed E-state index contributed by atoms with van der Waals surface area (Å²) in [5.41, 5.74) is 0. The van der Waals surface area contributed by atoms with Crippen LogP contribution in [0.5, 0.6) is 0 Å². The zero-order chi connectivity index (χ0) is 14.3. The molecule has 0 bridgehead atoms. The van der Waals surface area contributed by atoms with Crippen LogP contribution in [0.15, 0.2) is 0 Å². The van der Waals surface area contributed by atoms with Crippen molar-refractivity contribution < 1.29 is 14.3 Å². The second-order valence-corrected chi connectivity index (χ2v) is 5.18. The van der Waals surface area contributed by atoms with Gasteiger partial charge in [0.15, 0.2) is 0 Å². The Hall–Kier alpha value is -1.10. The van der Waals surface area contributed by atoms with Crippen LogP contribution >= 0.6 is 0 Å². The summed E-state index contributed by atoms with van der Waals surface area (Å²) in [5, 5.41) is 2.88. The zero-order valence-corrected chi connectivity index (χ0v) is 12.3. The van der Waals surface area contributed by atoms with Crippen molar-refractivity contribution >= 4 is 11.9 Å². The van der Waals surface area contributed by atoms with E-state index in [4.69, 9.17) is 0 Å². The molecule has 0 spiro atoms. The van der Waals surface area contributed by atoms with Crippen molar-refractivity contribution in [3.05, 3.63) is 0 Å². The maximum absolute atomic E-state index is 11.8. The van der Waals surface area contributed by atoms with Gasteiger partial charge >= 0.3 is 5.97 Å². The number of methoxy groups -OCH3 is 1. The van der Waals surface area contributed by atoms with E-state index in [2.05, 4.69) is 10.1 Å². The van der Waals surface area contributed by atoms with Gasteiger partial charge in [-0.05, 0) is 19.9 Å². The summed E-state index contributed by atoms with van der Waals surface area (Å²) in [5.74, 6) is -0.0688. The summed E-state index contributed by atoms with van der Waals surface area (Å²) in [6.45, 7) is 8.90. The summed E-state index contributed by atoms with van der Waals surface area (Å²) in [6, 6.07) is -0.254. The molecule has 0 aliphatic carbocycles. The highest BCUT2D eigenvalue weighted by molar-refractivity contribution is 5.81. The lowest BCUT2D eigenvalue weighted by Gasteiger charge is -2.26. The van der Waals surface area contributed by atoms with E-state index in [0.717, 1.165) is 0 Å². The molecule has 0 radical (unpaired) electrons. The Kier molecular flexibility index (Phi) is 7.59. The van der Waals surface area contributed by atoms with Crippen LogP contribution in [0.4, 0.5) is 0 Å². The van der Waals surface area contributed by atoms with E-state index in [0.29, 0.717) is 19.0 Å². The van der Waals surface area contributed by atoms with E-state index in [-0.39, 0.29) is 23.8 Å². The van der Waals surface area contributed by atoms with Gasteiger partial charge in [-0.15, -0.1) is 0 Å². The van der Waals surface area contributed by atoms with Crippen molar-refractivity contribution in [1.29, 1.82) is 0 Å². The second-order valence-electron chi connectivity index (χ2n) is 5.18. The maximum atomic E-state index is 11.8. The first-order valence-corrected chi connectivity index (χ1v) is 6.35. The standard InChI is InChI=1S/C13H26N2O3/c1-9(2)7-14-12(16)11(4)15(5)8-10(3)13(17)18-6/h9-11H,7-8H2,1-6H3,(H,14,16). The highest BCUT2D eigenvalue weighted by Crippen LogP contribution is 2.04. The number of carbonyl (C=O) groups excluding carboxylic acids is 2. The highest BCUT2D eigenvalue weighted by atomic mass is 16.5. The predicted molar refractivity (Wildman–Crippen MR) is 71.1 cm³/mol. The van der Waals surface area contributed by atoms with Crippen LogP contribution < -0.4 is 5.32 Å². The number of rotatable bonds is 7. The Morgan fingerprint density at radius 3 is 2.22 bits per heavy atom. The molecule has 0 aromatic heterocycles. The van der Waals surface area contributed by atoms with Crippen LogP contribution in [0.3, 0.4) is 0 Å². The van der Waals surface area contributed by atoms with Gasteiger partial charge in [-0.3, -0.25) is 14.5 Å². The number of amides is 1. The number of hydrogen-bond donors (Lipinski definition) is 1. The first-order valence-electron chi connectivity index (χ1n) is 6.35. The van der Waals surface area contributed by atoms with Gasteiger partial charge in [-0.25, -0.2) is 0 Å². The molecule has 0 heterocycles. The summed E-state index contributed by atoms with van der Waals surface area (Å²) in [7, 11) is 3.21. The zero-order valence-electron chi connectivity index (χ0n) is 12.3. The molecule has 1 amide bonds. The number of nitrogens with one attached hydrogen (secondary N) is 1. The molecule has 0 aliphatic heterocycles. The number of esters is 1. The first kappa shape index (κ1) is 16.9. The molecule has 5 heteroatoms.